The molecule has 0 unspecified atom stereocenters. The van der Waals surface area contributed by atoms with Gasteiger partial charge in [-0.3, -0.25) is 9.35 Å². The standard InChI is InChI=1S/C13H11N3O4S.ClH/c1-16-8-11(21(18,19)20)6-12(16)13(17)15-10-4-2-3-9(5-10)7-14;/h2-6,8H,1H3,(H,15,17)(H,18,19,20);1H. The van der Waals surface area contributed by atoms with Crippen LogP contribution in [0.2, 0.25) is 0 Å². The Labute approximate surface area is 133 Å². The lowest BCUT2D eigenvalue weighted by atomic mass is 10.2. The number of anilines is 1. The normalized spacial score (nSPS) is 10.4. The Morgan fingerprint density at radius 2 is 2.05 bits per heavy atom. The molecule has 0 aliphatic carbocycles. The smallest absolute Gasteiger partial charge is 0.296 e. The van der Waals surface area contributed by atoms with Crippen LogP contribution in [-0.4, -0.2) is 23.4 Å². The van der Waals surface area contributed by atoms with Crippen LogP contribution < -0.4 is 5.32 Å². The van der Waals surface area contributed by atoms with E-state index in [0.717, 1.165) is 12.3 Å². The van der Waals surface area contributed by atoms with E-state index in [4.69, 9.17) is 9.81 Å². The number of aryl methyl sites for hydroxylation is 1. The van der Waals surface area contributed by atoms with Gasteiger partial charge in [0.2, 0.25) is 0 Å². The predicted molar refractivity (Wildman–Crippen MR) is 81.6 cm³/mol. The number of nitrogens with one attached hydrogen (secondary N) is 1. The van der Waals surface area contributed by atoms with Gasteiger partial charge in [-0.1, -0.05) is 6.07 Å². The van der Waals surface area contributed by atoms with Gasteiger partial charge in [0.15, 0.2) is 0 Å². The van der Waals surface area contributed by atoms with E-state index in [1.54, 1.807) is 18.2 Å². The van der Waals surface area contributed by atoms with Crippen LogP contribution in [0.5, 0.6) is 0 Å². The van der Waals surface area contributed by atoms with Crippen molar-refractivity contribution < 1.29 is 17.8 Å². The minimum atomic E-state index is -4.37. The highest BCUT2D eigenvalue weighted by Gasteiger charge is 2.18. The van der Waals surface area contributed by atoms with Gasteiger partial charge in [0.05, 0.1) is 11.6 Å². The Balaban J connectivity index is 0.00000242. The summed E-state index contributed by atoms with van der Waals surface area (Å²) in [6.07, 6.45) is 1.13. The average molecular weight is 342 g/mol. The zero-order chi connectivity index (χ0) is 15.6. The number of hydrogen-bond donors (Lipinski definition) is 2. The lowest BCUT2D eigenvalue weighted by Crippen LogP contribution is -2.15. The Hall–Kier alpha value is -2.34. The van der Waals surface area contributed by atoms with Crippen molar-refractivity contribution in [1.82, 2.24) is 4.57 Å². The molecule has 0 aliphatic heterocycles. The molecule has 116 valence electrons. The lowest BCUT2D eigenvalue weighted by molar-refractivity contribution is 0.101. The Morgan fingerprint density at radius 1 is 1.36 bits per heavy atom. The number of halogens is 1. The Morgan fingerprint density at radius 3 is 2.59 bits per heavy atom. The Bertz CT molecular complexity index is 852. The molecule has 2 aromatic rings. The predicted octanol–water partition coefficient (Wildman–Crippen LogP) is 1.82. The molecule has 2 N–H and O–H groups in total. The van der Waals surface area contributed by atoms with E-state index in [1.165, 1.54) is 17.7 Å². The molecule has 0 saturated carbocycles. The van der Waals surface area contributed by atoms with E-state index in [0.29, 0.717) is 11.3 Å². The summed E-state index contributed by atoms with van der Waals surface area (Å²) < 4.78 is 32.3. The van der Waals surface area contributed by atoms with E-state index in [2.05, 4.69) is 5.32 Å². The second-order valence-corrected chi connectivity index (χ2v) is 5.72. The number of amides is 1. The minimum absolute atomic E-state index is 0. The van der Waals surface area contributed by atoms with Gasteiger partial charge in [0.1, 0.15) is 10.6 Å². The number of carbonyl (C=O) groups excluding carboxylic acids is 1. The van der Waals surface area contributed by atoms with Gasteiger partial charge in [-0.05, 0) is 24.3 Å². The molecule has 0 spiro atoms. The van der Waals surface area contributed by atoms with Crippen LogP contribution in [0.15, 0.2) is 41.4 Å². The quantitative estimate of drug-likeness (QED) is 0.827. The lowest BCUT2D eigenvalue weighted by Gasteiger charge is -2.05. The second kappa shape index (κ2) is 6.62. The van der Waals surface area contributed by atoms with E-state index >= 15 is 0 Å². The molecular weight excluding hydrogens is 330 g/mol. The van der Waals surface area contributed by atoms with E-state index in [9.17, 15) is 13.2 Å². The van der Waals surface area contributed by atoms with Gasteiger partial charge >= 0.3 is 0 Å². The van der Waals surface area contributed by atoms with Crippen LogP contribution in [0.25, 0.3) is 0 Å². The molecule has 2 rings (SSSR count). The molecule has 0 fully saturated rings. The number of nitrogens with zero attached hydrogens (tertiary/aromatic N) is 2. The second-order valence-electron chi connectivity index (χ2n) is 4.29. The first-order valence-corrected chi connectivity index (χ1v) is 7.20. The zero-order valence-electron chi connectivity index (χ0n) is 11.3. The number of aromatic nitrogens is 1. The molecule has 1 aromatic heterocycles. The molecule has 9 heteroatoms. The number of carbonyl (C=O) groups is 1. The Kier molecular flexibility index (Phi) is 5.33. The molecule has 0 saturated heterocycles. The van der Waals surface area contributed by atoms with Crippen molar-refractivity contribution in [3.8, 4) is 6.07 Å². The van der Waals surface area contributed by atoms with Gasteiger partial charge in [-0.25, -0.2) is 0 Å². The summed E-state index contributed by atoms with van der Waals surface area (Å²) in [5.41, 5.74) is 0.858. The van der Waals surface area contributed by atoms with Gasteiger partial charge in [-0.15, -0.1) is 12.4 Å². The van der Waals surface area contributed by atoms with Crippen molar-refractivity contribution in [2.24, 2.45) is 7.05 Å². The first-order chi connectivity index (χ1) is 9.81. The number of nitriles is 1. The van der Waals surface area contributed by atoms with Gasteiger partial charge < -0.3 is 9.88 Å². The highest BCUT2D eigenvalue weighted by atomic mass is 35.5. The van der Waals surface area contributed by atoms with Crippen molar-refractivity contribution in [3.63, 3.8) is 0 Å². The van der Waals surface area contributed by atoms with Crippen molar-refractivity contribution in [3.05, 3.63) is 47.8 Å². The summed E-state index contributed by atoms with van der Waals surface area (Å²) in [4.78, 5) is 11.7. The highest BCUT2D eigenvalue weighted by Crippen LogP contribution is 2.16. The third-order valence-electron chi connectivity index (χ3n) is 2.76. The third-order valence-corrected chi connectivity index (χ3v) is 3.58. The summed E-state index contributed by atoms with van der Waals surface area (Å²) in [5.74, 6) is -0.553. The van der Waals surface area contributed by atoms with E-state index < -0.39 is 16.0 Å². The first-order valence-electron chi connectivity index (χ1n) is 5.76. The third kappa shape index (κ3) is 3.85. The van der Waals surface area contributed by atoms with E-state index in [-0.39, 0.29) is 23.0 Å². The highest BCUT2D eigenvalue weighted by molar-refractivity contribution is 7.85. The zero-order valence-corrected chi connectivity index (χ0v) is 13.0. The molecule has 22 heavy (non-hydrogen) atoms. The molecule has 1 aromatic carbocycles. The molecule has 0 bridgehead atoms. The first kappa shape index (κ1) is 17.7. The maximum absolute atomic E-state index is 12.1. The topological polar surface area (TPSA) is 112 Å². The van der Waals surface area contributed by atoms with Gasteiger partial charge in [0, 0.05) is 18.9 Å². The maximum atomic E-state index is 12.1. The molecule has 7 nitrogen and oxygen atoms in total. The summed E-state index contributed by atoms with van der Waals surface area (Å²) >= 11 is 0. The molecule has 0 radical (unpaired) electrons. The molecule has 1 amide bonds. The summed E-state index contributed by atoms with van der Waals surface area (Å²) in [7, 11) is -2.88. The van der Waals surface area contributed by atoms with Crippen LogP contribution in [0.3, 0.4) is 0 Å². The van der Waals surface area contributed by atoms with Crippen LogP contribution in [0, 0.1) is 11.3 Å². The van der Waals surface area contributed by atoms with Crippen molar-refractivity contribution in [2.75, 3.05) is 5.32 Å². The minimum Gasteiger partial charge on any atom is -0.345 e. The van der Waals surface area contributed by atoms with Gasteiger partial charge in [0.25, 0.3) is 16.0 Å². The average Bonchev–Trinajstić information content (AvgIpc) is 2.81. The molecule has 1 heterocycles. The van der Waals surface area contributed by atoms with Crippen LogP contribution >= 0.6 is 12.4 Å². The van der Waals surface area contributed by atoms with Crippen LogP contribution in [0.1, 0.15) is 16.1 Å². The SMILES string of the molecule is Cl.Cn1cc(S(=O)(=O)O)cc1C(=O)Nc1cccc(C#N)c1. The van der Waals surface area contributed by atoms with Gasteiger partial charge in [-0.2, -0.15) is 13.7 Å². The monoisotopic (exact) mass is 341 g/mol. The summed E-state index contributed by atoms with van der Waals surface area (Å²) in [6, 6.07) is 9.31. The van der Waals surface area contributed by atoms with E-state index in [1.807, 2.05) is 6.07 Å². The van der Waals surface area contributed by atoms with Crippen LogP contribution in [0.4, 0.5) is 5.69 Å². The largest absolute Gasteiger partial charge is 0.345 e. The fraction of sp³-hybridized carbons (Fsp3) is 0.0769. The fourth-order valence-electron chi connectivity index (χ4n) is 1.76. The number of rotatable bonds is 3. The molecule has 0 atom stereocenters. The fourth-order valence-corrected chi connectivity index (χ4v) is 2.31. The van der Waals surface area contributed by atoms with Crippen molar-refractivity contribution in [1.29, 1.82) is 5.26 Å². The molecular formula is C13H12ClN3O4S. The van der Waals surface area contributed by atoms with Crippen molar-refractivity contribution >= 4 is 34.1 Å². The van der Waals surface area contributed by atoms with Crippen LogP contribution in [-0.2, 0) is 17.2 Å². The molecule has 0 aliphatic rings. The number of benzene rings is 1. The maximum Gasteiger partial charge on any atom is 0.296 e. The summed E-state index contributed by atoms with van der Waals surface area (Å²) in [5, 5.41) is 11.3. The van der Waals surface area contributed by atoms with Crippen molar-refractivity contribution in [2.45, 2.75) is 4.90 Å². The number of hydrogen-bond acceptors (Lipinski definition) is 4. The summed E-state index contributed by atoms with van der Waals surface area (Å²) in [6.45, 7) is 0.